The van der Waals surface area contributed by atoms with Crippen molar-refractivity contribution in [2.45, 2.75) is 66.2 Å². The maximum atomic E-state index is 12.3. The predicted molar refractivity (Wildman–Crippen MR) is 219 cm³/mol. The fourth-order valence-electron chi connectivity index (χ4n) is 10.9. The van der Waals surface area contributed by atoms with Crippen molar-refractivity contribution >= 4 is 0 Å². The Morgan fingerprint density at radius 3 is 1.69 bits per heavy atom. The van der Waals surface area contributed by atoms with Gasteiger partial charge in [0, 0.05) is 70.4 Å². The lowest BCUT2D eigenvalue weighted by atomic mass is 9.66. The molecule has 0 radical (unpaired) electrons. The molecule has 1 fully saturated rings. The van der Waals surface area contributed by atoms with Crippen LogP contribution in [0, 0.1) is 0 Å². The van der Waals surface area contributed by atoms with Gasteiger partial charge in [0.25, 0.3) is 0 Å². The molecule has 10 rings (SSSR count). The first kappa shape index (κ1) is 39.5. The number of phenolic OH excluding ortho intramolecular Hbond substituents is 8. The van der Waals surface area contributed by atoms with Gasteiger partial charge in [0.1, 0.15) is 76.2 Å². The van der Waals surface area contributed by atoms with Gasteiger partial charge >= 0.3 is 0 Å². The standard InChI is InChI=1S/C48H42O14/c49-18-34-45(58)46(59)47(60)48(62-34)61-27-12-21(11-25(53)13-27)37-36(20-3-7-23(51)8-4-20)43-39-28-10-9-24(52)14-29(28)35(19-1-5-22(50)6-2-19)40(30-15-26(54)16-31(55)38(30)39)42-33(57)17-32(56)41(37)44(42)43/h1-17,34-37,39-40,43,45-60H,18H2/t34-,35+,36+,37+,39+,40-,43+,45-,46-,47+,48-/m0/s1. The minimum Gasteiger partial charge on any atom is -0.508 e. The van der Waals surface area contributed by atoms with Crippen LogP contribution >= 0.6 is 0 Å². The number of hydrogen-bond donors (Lipinski definition) is 12. The third kappa shape index (κ3) is 5.97. The summed E-state index contributed by atoms with van der Waals surface area (Å²) in [6.07, 6.45) is -8.02. The van der Waals surface area contributed by atoms with Gasteiger partial charge in [-0.05, 0) is 93.5 Å². The minimum atomic E-state index is -1.76. The van der Waals surface area contributed by atoms with Crippen LogP contribution in [0.1, 0.15) is 91.1 Å². The first-order valence-electron chi connectivity index (χ1n) is 20.1. The molecule has 318 valence electrons. The summed E-state index contributed by atoms with van der Waals surface area (Å²) in [5.74, 6) is -6.25. The van der Waals surface area contributed by atoms with Crippen LogP contribution in [0.3, 0.4) is 0 Å². The molecule has 0 aromatic heterocycles. The summed E-state index contributed by atoms with van der Waals surface area (Å²) < 4.78 is 11.6. The smallest absolute Gasteiger partial charge is 0.229 e. The van der Waals surface area contributed by atoms with E-state index in [1.165, 1.54) is 48.5 Å². The molecule has 1 aliphatic heterocycles. The molecule has 6 aromatic carbocycles. The SMILES string of the molecule is OC[C@@H]1O[C@H](Oc2cc(O)cc([C@H]3c4c(O)cc(O)c5c4[C@@H]([C@@H]4c6ccc(O)cc6[C@@H](c6ccc(O)cc6)[C@@H]5c5cc(O)cc(O)c54)[C@@H]3c3ccc(O)cc3)c2)[C@H](O)[C@@H](O)[C@H]1O. The Kier molecular flexibility index (Phi) is 9.21. The van der Waals surface area contributed by atoms with Gasteiger partial charge in [0.2, 0.25) is 6.29 Å². The second kappa shape index (κ2) is 14.5. The van der Waals surface area contributed by atoms with Gasteiger partial charge in [0.15, 0.2) is 0 Å². The molecule has 6 aromatic rings. The topological polar surface area (TPSA) is 261 Å². The highest BCUT2D eigenvalue weighted by molar-refractivity contribution is 5.74. The molecule has 3 aliphatic carbocycles. The predicted octanol–water partition coefficient (Wildman–Crippen LogP) is 4.95. The van der Waals surface area contributed by atoms with E-state index in [2.05, 4.69) is 0 Å². The van der Waals surface area contributed by atoms with Gasteiger partial charge in [-0.2, -0.15) is 0 Å². The van der Waals surface area contributed by atoms with Gasteiger partial charge in [-0.3, -0.25) is 0 Å². The third-order valence-corrected chi connectivity index (χ3v) is 13.3. The lowest BCUT2D eigenvalue weighted by Crippen LogP contribution is -2.60. The van der Waals surface area contributed by atoms with Gasteiger partial charge in [-0.25, -0.2) is 0 Å². The number of phenols is 8. The van der Waals surface area contributed by atoms with E-state index in [4.69, 9.17) is 9.47 Å². The summed E-state index contributed by atoms with van der Waals surface area (Å²) in [7, 11) is 0. The molecule has 0 saturated carbocycles. The number of aliphatic hydroxyl groups excluding tert-OH is 4. The summed E-state index contributed by atoms with van der Waals surface area (Å²) >= 11 is 0. The van der Waals surface area contributed by atoms with Crippen molar-refractivity contribution in [3.8, 4) is 51.7 Å². The average molecular weight is 843 g/mol. The monoisotopic (exact) mass is 842 g/mol. The maximum absolute atomic E-state index is 12.3. The highest BCUT2D eigenvalue weighted by Gasteiger charge is 2.56. The van der Waals surface area contributed by atoms with Crippen LogP contribution in [0.15, 0.2) is 103 Å². The molecule has 12 N–H and O–H groups in total. The molecule has 4 aliphatic rings. The summed E-state index contributed by atoms with van der Waals surface area (Å²) in [6.45, 7) is -0.698. The molecule has 11 atom stereocenters. The van der Waals surface area contributed by atoms with E-state index >= 15 is 0 Å². The van der Waals surface area contributed by atoms with E-state index in [9.17, 15) is 61.3 Å². The summed E-state index contributed by atoms with van der Waals surface area (Å²) in [5, 5.41) is 133. The molecule has 2 bridgehead atoms. The fraction of sp³-hybridized carbons (Fsp3) is 0.250. The van der Waals surface area contributed by atoms with E-state index in [0.717, 1.165) is 0 Å². The fourth-order valence-corrected chi connectivity index (χ4v) is 10.9. The Balaban J connectivity index is 1.27. The summed E-state index contributed by atoms with van der Waals surface area (Å²) in [4.78, 5) is 0. The zero-order valence-electron chi connectivity index (χ0n) is 32.6. The quantitative estimate of drug-likeness (QED) is 0.106. The Morgan fingerprint density at radius 2 is 1.02 bits per heavy atom. The van der Waals surface area contributed by atoms with Gasteiger partial charge in [0.05, 0.1) is 6.61 Å². The molecular weight excluding hydrogens is 801 g/mol. The summed E-state index contributed by atoms with van der Waals surface area (Å²) in [6, 6.07) is 26.3. The van der Waals surface area contributed by atoms with Crippen LogP contribution in [-0.2, 0) is 4.74 Å². The number of ether oxygens (including phenoxy) is 2. The van der Waals surface area contributed by atoms with Gasteiger partial charge in [-0.15, -0.1) is 0 Å². The molecule has 1 saturated heterocycles. The molecular formula is C48H42O14. The van der Waals surface area contributed by atoms with E-state index in [0.29, 0.717) is 55.6 Å². The largest absolute Gasteiger partial charge is 0.508 e. The van der Waals surface area contributed by atoms with Crippen LogP contribution in [0.5, 0.6) is 51.7 Å². The van der Waals surface area contributed by atoms with Gasteiger partial charge < -0.3 is 70.8 Å². The molecule has 0 unspecified atom stereocenters. The first-order chi connectivity index (χ1) is 29.7. The number of rotatable bonds is 6. The first-order valence-corrected chi connectivity index (χ1v) is 20.1. The molecule has 14 heteroatoms. The summed E-state index contributed by atoms with van der Waals surface area (Å²) in [5.41, 5.74) is 5.19. The van der Waals surface area contributed by atoms with Crippen LogP contribution in [0.25, 0.3) is 0 Å². The number of fused-ring (bicyclic) bond motifs is 4. The Labute approximate surface area is 353 Å². The highest BCUT2D eigenvalue weighted by Crippen LogP contribution is 2.71. The number of aliphatic hydroxyl groups is 4. The molecule has 0 amide bonds. The van der Waals surface area contributed by atoms with Crippen LogP contribution < -0.4 is 4.74 Å². The maximum Gasteiger partial charge on any atom is 0.229 e. The second-order valence-corrected chi connectivity index (χ2v) is 16.7. The third-order valence-electron chi connectivity index (χ3n) is 13.3. The second-order valence-electron chi connectivity index (χ2n) is 16.7. The zero-order valence-corrected chi connectivity index (χ0v) is 32.6. The Bertz CT molecular complexity index is 2730. The Hall–Kier alpha value is -6.68. The molecule has 62 heavy (non-hydrogen) atoms. The van der Waals surface area contributed by atoms with Crippen LogP contribution in [-0.4, -0.2) is 98.6 Å². The molecule has 1 heterocycles. The van der Waals surface area contributed by atoms with Gasteiger partial charge in [-0.1, -0.05) is 30.3 Å². The lowest BCUT2D eigenvalue weighted by molar-refractivity contribution is -0.277. The number of benzene rings is 6. The van der Waals surface area contributed by atoms with Crippen molar-refractivity contribution in [3.63, 3.8) is 0 Å². The van der Waals surface area contributed by atoms with Crippen LogP contribution in [0.4, 0.5) is 0 Å². The zero-order chi connectivity index (χ0) is 43.5. The van der Waals surface area contributed by atoms with E-state index in [-0.39, 0.29) is 51.7 Å². The highest BCUT2D eigenvalue weighted by atomic mass is 16.7. The molecule has 0 spiro atoms. The van der Waals surface area contributed by atoms with E-state index in [1.807, 2.05) is 0 Å². The lowest BCUT2D eigenvalue weighted by Gasteiger charge is -2.39. The molecule has 14 nitrogen and oxygen atoms in total. The number of aromatic hydroxyl groups is 8. The van der Waals surface area contributed by atoms with E-state index in [1.54, 1.807) is 54.6 Å². The van der Waals surface area contributed by atoms with Crippen molar-refractivity contribution in [2.75, 3.05) is 6.61 Å². The average Bonchev–Trinajstić information content (AvgIpc) is 3.45. The van der Waals surface area contributed by atoms with Crippen molar-refractivity contribution in [3.05, 3.63) is 159 Å². The van der Waals surface area contributed by atoms with Crippen molar-refractivity contribution in [2.24, 2.45) is 0 Å². The Morgan fingerprint density at radius 1 is 0.419 bits per heavy atom. The van der Waals surface area contributed by atoms with Crippen molar-refractivity contribution < 1.29 is 70.8 Å². The normalized spacial score (nSPS) is 28.0. The van der Waals surface area contributed by atoms with E-state index < -0.39 is 72.8 Å². The number of hydrogen-bond acceptors (Lipinski definition) is 14. The minimum absolute atomic E-state index is 0.00439. The van der Waals surface area contributed by atoms with Crippen molar-refractivity contribution in [1.82, 2.24) is 0 Å². The van der Waals surface area contributed by atoms with Crippen LogP contribution in [0.2, 0.25) is 0 Å². The van der Waals surface area contributed by atoms with Crippen molar-refractivity contribution in [1.29, 1.82) is 0 Å².